The normalized spacial score (nSPS) is 13.6. The van der Waals surface area contributed by atoms with E-state index in [0.717, 1.165) is 28.9 Å². The van der Waals surface area contributed by atoms with Crippen molar-refractivity contribution in [2.45, 2.75) is 39.0 Å². The molecule has 2 heterocycles. The average molecular weight is 337 g/mol. The maximum Gasteiger partial charge on any atom is 0.318 e. The second-order valence-electron chi connectivity index (χ2n) is 6.30. The molecule has 2 aromatic heterocycles. The summed E-state index contributed by atoms with van der Waals surface area (Å²) in [4.78, 5) is 17.4. The van der Waals surface area contributed by atoms with Gasteiger partial charge in [-0.15, -0.1) is 0 Å². The van der Waals surface area contributed by atoms with E-state index < -0.39 is 5.41 Å². The molecule has 1 aromatic carbocycles. The maximum absolute atomic E-state index is 12.9. The summed E-state index contributed by atoms with van der Waals surface area (Å²) in [6.07, 6.45) is 4.94. The van der Waals surface area contributed by atoms with E-state index in [1.165, 1.54) is 0 Å². The van der Waals surface area contributed by atoms with Crippen LogP contribution in [0.25, 0.3) is 5.65 Å². The van der Waals surface area contributed by atoms with Gasteiger partial charge in [-0.25, -0.2) is 9.50 Å². The zero-order chi connectivity index (χ0) is 17.9. The zero-order valence-corrected chi connectivity index (χ0v) is 14.9. The Hall–Kier alpha value is -2.69. The predicted molar refractivity (Wildman–Crippen MR) is 96.5 cm³/mol. The van der Waals surface area contributed by atoms with E-state index >= 15 is 0 Å². The molecule has 1 unspecified atom stereocenters. The van der Waals surface area contributed by atoms with Gasteiger partial charge in [-0.1, -0.05) is 37.3 Å². The lowest BCUT2D eigenvalue weighted by atomic mass is 9.80. The molecule has 0 aliphatic rings. The number of ether oxygens (including phenoxy) is 1. The number of esters is 1. The number of rotatable bonds is 6. The van der Waals surface area contributed by atoms with Gasteiger partial charge in [-0.05, 0) is 38.3 Å². The summed E-state index contributed by atoms with van der Waals surface area (Å²) in [7, 11) is 0. The summed E-state index contributed by atoms with van der Waals surface area (Å²) in [6, 6.07) is 11.8. The number of carbonyl (C=O) groups excluding carboxylic acids is 1. The van der Waals surface area contributed by atoms with E-state index in [0.29, 0.717) is 13.0 Å². The first kappa shape index (κ1) is 17.1. The molecule has 0 aliphatic heterocycles. The van der Waals surface area contributed by atoms with Gasteiger partial charge in [0.25, 0.3) is 0 Å². The highest BCUT2D eigenvalue weighted by Crippen LogP contribution is 2.30. The van der Waals surface area contributed by atoms with Gasteiger partial charge in [0.05, 0.1) is 18.5 Å². The molecule has 130 valence electrons. The molecule has 25 heavy (non-hydrogen) atoms. The summed E-state index contributed by atoms with van der Waals surface area (Å²) in [6.45, 7) is 6.16. The van der Waals surface area contributed by atoms with Crippen LogP contribution in [0.5, 0.6) is 0 Å². The Kier molecular flexibility index (Phi) is 4.83. The van der Waals surface area contributed by atoms with E-state index in [1.807, 2.05) is 56.4 Å². The van der Waals surface area contributed by atoms with Gasteiger partial charge in [-0.3, -0.25) is 4.79 Å². The molecule has 0 saturated carbocycles. The van der Waals surface area contributed by atoms with Crippen LogP contribution in [-0.2, 0) is 27.8 Å². The smallest absolute Gasteiger partial charge is 0.318 e. The van der Waals surface area contributed by atoms with Crippen LogP contribution in [0, 0.1) is 0 Å². The van der Waals surface area contributed by atoms with Crippen molar-refractivity contribution in [3.05, 3.63) is 65.6 Å². The molecule has 0 N–H and O–H groups in total. The van der Waals surface area contributed by atoms with Crippen LogP contribution in [-0.4, -0.2) is 27.2 Å². The first-order chi connectivity index (χ1) is 12.1. The van der Waals surface area contributed by atoms with E-state index in [2.05, 4.69) is 17.0 Å². The molecule has 3 aromatic rings. The number of carbonyl (C=O) groups is 1. The Morgan fingerprint density at radius 1 is 1.20 bits per heavy atom. The number of aryl methyl sites for hydroxylation is 1. The van der Waals surface area contributed by atoms with E-state index in [4.69, 9.17) is 4.74 Å². The van der Waals surface area contributed by atoms with Gasteiger partial charge >= 0.3 is 5.97 Å². The minimum atomic E-state index is -0.852. The van der Waals surface area contributed by atoms with E-state index in [1.54, 1.807) is 10.7 Å². The molecule has 0 radical (unpaired) electrons. The molecule has 1 atom stereocenters. The summed E-state index contributed by atoms with van der Waals surface area (Å²) in [5, 5.41) is 4.49. The molecule has 0 spiro atoms. The fourth-order valence-electron chi connectivity index (χ4n) is 3.17. The second-order valence-corrected chi connectivity index (χ2v) is 6.30. The molecule has 0 bridgehead atoms. The van der Waals surface area contributed by atoms with Crippen LogP contribution in [0.2, 0.25) is 0 Å². The number of benzene rings is 1. The molecule has 0 aliphatic carbocycles. The molecule has 0 saturated heterocycles. The van der Waals surface area contributed by atoms with Crippen LogP contribution >= 0.6 is 0 Å². The third-order valence-corrected chi connectivity index (χ3v) is 4.55. The highest BCUT2D eigenvalue weighted by Gasteiger charge is 2.39. The SMILES string of the molecule is CCOC(=O)C(C)(Cc1ccccc1)c1ccnc2c(CC)cnn12. The van der Waals surface area contributed by atoms with Gasteiger partial charge < -0.3 is 4.74 Å². The van der Waals surface area contributed by atoms with Crippen LogP contribution in [0.4, 0.5) is 0 Å². The lowest BCUT2D eigenvalue weighted by Gasteiger charge is -2.28. The quantitative estimate of drug-likeness (QED) is 0.647. The lowest BCUT2D eigenvalue weighted by molar-refractivity contribution is -0.149. The van der Waals surface area contributed by atoms with Crippen molar-refractivity contribution in [2.75, 3.05) is 6.61 Å². The van der Waals surface area contributed by atoms with Crippen molar-refractivity contribution >= 4 is 11.6 Å². The van der Waals surface area contributed by atoms with Crippen molar-refractivity contribution in [1.82, 2.24) is 14.6 Å². The van der Waals surface area contributed by atoms with Crippen molar-refractivity contribution < 1.29 is 9.53 Å². The third kappa shape index (κ3) is 3.14. The summed E-state index contributed by atoms with van der Waals surface area (Å²) in [5.74, 6) is -0.250. The number of aromatic nitrogens is 3. The molecule has 0 fully saturated rings. The molecule has 5 nitrogen and oxygen atoms in total. The minimum absolute atomic E-state index is 0.250. The lowest BCUT2D eigenvalue weighted by Crippen LogP contribution is -2.38. The monoisotopic (exact) mass is 337 g/mol. The molecular weight excluding hydrogens is 314 g/mol. The van der Waals surface area contributed by atoms with Gasteiger partial charge in [0, 0.05) is 11.8 Å². The standard InChI is InChI=1S/C20H23N3O2/c1-4-16-14-22-23-17(11-12-21-18(16)23)20(3,19(24)25-5-2)13-15-9-7-6-8-10-15/h6-12,14H,4-5,13H2,1-3H3. The predicted octanol–water partition coefficient (Wildman–Crippen LogP) is 3.36. The number of nitrogens with zero attached hydrogens (tertiary/aromatic N) is 3. The summed E-state index contributed by atoms with van der Waals surface area (Å²) in [5.41, 5.74) is 2.87. The largest absolute Gasteiger partial charge is 0.465 e. The number of hydrogen-bond acceptors (Lipinski definition) is 4. The molecule has 0 amide bonds. The summed E-state index contributed by atoms with van der Waals surface area (Å²) < 4.78 is 7.19. The first-order valence-corrected chi connectivity index (χ1v) is 8.63. The maximum atomic E-state index is 12.9. The fraction of sp³-hybridized carbons (Fsp3) is 0.350. The highest BCUT2D eigenvalue weighted by molar-refractivity contribution is 5.83. The Labute approximate surface area is 147 Å². The fourth-order valence-corrected chi connectivity index (χ4v) is 3.17. The van der Waals surface area contributed by atoms with Gasteiger partial charge in [0.15, 0.2) is 5.65 Å². The van der Waals surface area contributed by atoms with Crippen LogP contribution in [0.15, 0.2) is 48.8 Å². The zero-order valence-electron chi connectivity index (χ0n) is 14.9. The van der Waals surface area contributed by atoms with Crippen LogP contribution < -0.4 is 0 Å². The number of fused-ring (bicyclic) bond motifs is 1. The van der Waals surface area contributed by atoms with E-state index in [-0.39, 0.29) is 5.97 Å². The van der Waals surface area contributed by atoms with E-state index in [9.17, 15) is 4.79 Å². The third-order valence-electron chi connectivity index (χ3n) is 4.55. The van der Waals surface area contributed by atoms with Gasteiger partial charge in [-0.2, -0.15) is 5.10 Å². The molecular formula is C20H23N3O2. The Morgan fingerprint density at radius 2 is 1.96 bits per heavy atom. The number of hydrogen-bond donors (Lipinski definition) is 0. The van der Waals surface area contributed by atoms with Crippen molar-refractivity contribution in [1.29, 1.82) is 0 Å². The highest BCUT2D eigenvalue weighted by atomic mass is 16.5. The van der Waals surface area contributed by atoms with Crippen molar-refractivity contribution in [3.8, 4) is 0 Å². The Morgan fingerprint density at radius 3 is 2.64 bits per heavy atom. The minimum Gasteiger partial charge on any atom is -0.465 e. The van der Waals surface area contributed by atoms with Crippen LogP contribution in [0.3, 0.4) is 0 Å². The van der Waals surface area contributed by atoms with Gasteiger partial charge in [0.2, 0.25) is 0 Å². The Balaban J connectivity index is 2.15. The van der Waals surface area contributed by atoms with Crippen molar-refractivity contribution in [2.24, 2.45) is 0 Å². The summed E-state index contributed by atoms with van der Waals surface area (Å²) >= 11 is 0. The second kappa shape index (κ2) is 7.05. The first-order valence-electron chi connectivity index (χ1n) is 8.63. The van der Waals surface area contributed by atoms with Crippen molar-refractivity contribution in [3.63, 3.8) is 0 Å². The van der Waals surface area contributed by atoms with Gasteiger partial charge in [0.1, 0.15) is 5.41 Å². The molecule has 5 heteroatoms. The molecule has 3 rings (SSSR count). The Bertz CT molecular complexity index is 873. The topological polar surface area (TPSA) is 56.5 Å². The van der Waals surface area contributed by atoms with Crippen LogP contribution in [0.1, 0.15) is 37.6 Å². The average Bonchev–Trinajstić information content (AvgIpc) is 3.05.